The number of carboxylic acids is 1. The van der Waals surface area contributed by atoms with Crippen LogP contribution in [0.5, 0.6) is 0 Å². The van der Waals surface area contributed by atoms with Gasteiger partial charge < -0.3 is 10.4 Å². The Bertz CT molecular complexity index is 556. The molecule has 2 N–H and O–H groups in total. The zero-order valence-corrected chi connectivity index (χ0v) is 12.6. The largest absolute Gasteiger partial charge is 0.481 e. The highest BCUT2D eigenvalue weighted by Gasteiger charge is 2.51. The van der Waals surface area contributed by atoms with Crippen molar-refractivity contribution in [1.29, 1.82) is 0 Å². The molecule has 1 aromatic carbocycles. The van der Waals surface area contributed by atoms with Gasteiger partial charge in [-0.2, -0.15) is 0 Å². The zero-order valence-electron chi connectivity index (χ0n) is 11.7. The van der Waals surface area contributed by atoms with E-state index in [-0.39, 0.29) is 17.6 Å². The fourth-order valence-electron chi connectivity index (χ4n) is 2.79. The second-order valence-electron chi connectivity index (χ2n) is 5.92. The summed E-state index contributed by atoms with van der Waals surface area (Å²) in [6.07, 6.45) is 3.64. The molecular formula is C16H19NO3S. The van der Waals surface area contributed by atoms with Crippen LogP contribution in [-0.4, -0.2) is 22.7 Å². The first kappa shape index (κ1) is 14.4. The molecular weight excluding hydrogens is 286 g/mol. The summed E-state index contributed by atoms with van der Waals surface area (Å²) < 4.78 is 0. The van der Waals surface area contributed by atoms with Crippen molar-refractivity contribution in [1.82, 2.24) is 0 Å². The van der Waals surface area contributed by atoms with Crippen LogP contribution < -0.4 is 5.32 Å². The van der Waals surface area contributed by atoms with Crippen molar-refractivity contribution in [3.63, 3.8) is 0 Å². The molecule has 0 bridgehead atoms. The highest BCUT2D eigenvalue weighted by molar-refractivity contribution is 7.99. The van der Waals surface area contributed by atoms with Crippen molar-refractivity contribution in [3.8, 4) is 0 Å². The lowest BCUT2D eigenvalue weighted by Gasteiger charge is -2.07. The van der Waals surface area contributed by atoms with Gasteiger partial charge in [0.05, 0.1) is 5.75 Å². The van der Waals surface area contributed by atoms with E-state index in [0.717, 1.165) is 23.6 Å². The minimum atomic E-state index is -0.802. The van der Waals surface area contributed by atoms with E-state index in [1.54, 1.807) is 0 Å². The Morgan fingerprint density at radius 3 is 2.86 bits per heavy atom. The van der Waals surface area contributed by atoms with Crippen molar-refractivity contribution in [3.05, 3.63) is 29.8 Å². The molecule has 1 aromatic rings. The lowest BCUT2D eigenvalue weighted by Crippen LogP contribution is -2.15. The van der Waals surface area contributed by atoms with Gasteiger partial charge in [-0.05, 0) is 48.8 Å². The Morgan fingerprint density at radius 1 is 1.33 bits per heavy atom. The maximum Gasteiger partial charge on any atom is 0.313 e. The Hall–Kier alpha value is -1.49. The predicted octanol–water partition coefficient (Wildman–Crippen LogP) is 2.99. The average Bonchev–Trinajstić information content (AvgIpc) is 3.29. The number of nitrogens with one attached hydrogen (secondary N) is 1. The lowest BCUT2D eigenvalue weighted by atomic mass is 10.2. The number of benzene rings is 1. The van der Waals surface area contributed by atoms with Crippen LogP contribution >= 0.6 is 11.8 Å². The summed E-state index contributed by atoms with van der Waals surface area (Å²) in [6.45, 7) is 0. The number of carboxylic acid groups (broad SMARTS) is 1. The van der Waals surface area contributed by atoms with E-state index in [1.165, 1.54) is 24.6 Å². The highest BCUT2D eigenvalue weighted by Crippen LogP contribution is 2.54. The summed E-state index contributed by atoms with van der Waals surface area (Å²) >= 11 is 1.36. The minimum Gasteiger partial charge on any atom is -0.481 e. The minimum absolute atomic E-state index is 0.0989. The Morgan fingerprint density at radius 2 is 2.14 bits per heavy atom. The second kappa shape index (κ2) is 6.10. The maximum atomic E-state index is 12.1. The van der Waals surface area contributed by atoms with Crippen LogP contribution in [-0.2, 0) is 15.3 Å². The van der Waals surface area contributed by atoms with Gasteiger partial charge in [0.25, 0.3) is 0 Å². The van der Waals surface area contributed by atoms with E-state index in [1.807, 2.05) is 24.3 Å². The molecule has 0 spiro atoms. The molecule has 0 saturated heterocycles. The number of amides is 1. The first-order chi connectivity index (χ1) is 10.1. The normalized spacial score (nSPS) is 23.6. The van der Waals surface area contributed by atoms with Crippen LogP contribution in [0, 0.1) is 17.8 Å². The zero-order chi connectivity index (χ0) is 14.8. The third kappa shape index (κ3) is 4.00. The molecule has 2 atom stereocenters. The summed E-state index contributed by atoms with van der Waals surface area (Å²) in [4.78, 5) is 22.6. The number of aliphatic carboxylic acids is 1. The molecule has 1 amide bonds. The SMILES string of the molecule is O=C(O)CSCc1cccc(NC(=O)C2CC2C2CC2)c1. The summed E-state index contributed by atoms with van der Waals surface area (Å²) in [6, 6.07) is 7.67. The number of hydrogen-bond donors (Lipinski definition) is 2. The maximum absolute atomic E-state index is 12.1. The van der Waals surface area contributed by atoms with Crippen LogP contribution in [0.15, 0.2) is 24.3 Å². The molecule has 4 nitrogen and oxygen atoms in total. The van der Waals surface area contributed by atoms with E-state index in [9.17, 15) is 9.59 Å². The van der Waals surface area contributed by atoms with Crippen LogP contribution in [0.2, 0.25) is 0 Å². The van der Waals surface area contributed by atoms with Gasteiger partial charge in [-0.15, -0.1) is 11.8 Å². The van der Waals surface area contributed by atoms with E-state index in [4.69, 9.17) is 5.11 Å². The van der Waals surface area contributed by atoms with Crippen LogP contribution in [0.3, 0.4) is 0 Å². The van der Waals surface area contributed by atoms with Crippen molar-refractivity contribution >= 4 is 29.3 Å². The van der Waals surface area contributed by atoms with E-state index in [0.29, 0.717) is 11.7 Å². The smallest absolute Gasteiger partial charge is 0.313 e. The number of hydrogen-bond acceptors (Lipinski definition) is 3. The molecule has 2 aliphatic rings. The highest BCUT2D eigenvalue weighted by atomic mass is 32.2. The fraction of sp³-hybridized carbons (Fsp3) is 0.500. The summed E-state index contributed by atoms with van der Waals surface area (Å²) in [5, 5.41) is 11.6. The molecule has 21 heavy (non-hydrogen) atoms. The molecule has 2 unspecified atom stereocenters. The van der Waals surface area contributed by atoms with E-state index < -0.39 is 5.97 Å². The molecule has 2 fully saturated rings. The third-order valence-electron chi connectivity index (χ3n) is 4.09. The first-order valence-corrected chi connectivity index (χ1v) is 8.48. The van der Waals surface area contributed by atoms with Gasteiger partial charge in [0.15, 0.2) is 0 Å². The van der Waals surface area contributed by atoms with Crippen LogP contribution in [0.4, 0.5) is 5.69 Å². The summed E-state index contributed by atoms with van der Waals surface area (Å²) in [5.41, 5.74) is 1.85. The van der Waals surface area contributed by atoms with Gasteiger partial charge >= 0.3 is 5.97 Å². The topological polar surface area (TPSA) is 66.4 Å². The molecule has 0 heterocycles. The Balaban J connectivity index is 1.50. The standard InChI is InChI=1S/C16H19NO3S/c18-15(19)9-21-8-10-2-1-3-12(6-10)17-16(20)14-7-13(14)11-4-5-11/h1-3,6,11,13-14H,4-5,7-9H2,(H,17,20)(H,18,19). The van der Waals surface area contributed by atoms with Gasteiger partial charge in [-0.3, -0.25) is 9.59 Å². The molecule has 112 valence electrons. The van der Waals surface area contributed by atoms with E-state index >= 15 is 0 Å². The van der Waals surface area contributed by atoms with Crippen molar-refractivity contribution < 1.29 is 14.7 Å². The Kier molecular flexibility index (Phi) is 4.19. The monoisotopic (exact) mass is 305 g/mol. The number of anilines is 1. The molecule has 2 aliphatic carbocycles. The number of carbonyl (C=O) groups is 2. The van der Waals surface area contributed by atoms with Gasteiger partial charge in [0.2, 0.25) is 5.91 Å². The molecule has 3 rings (SSSR count). The molecule has 5 heteroatoms. The molecule has 0 radical (unpaired) electrons. The number of rotatable bonds is 7. The van der Waals surface area contributed by atoms with Crippen LogP contribution in [0.1, 0.15) is 24.8 Å². The number of carbonyl (C=O) groups excluding carboxylic acids is 1. The van der Waals surface area contributed by atoms with Crippen molar-refractivity contribution in [2.75, 3.05) is 11.1 Å². The third-order valence-corrected chi connectivity index (χ3v) is 5.08. The lowest BCUT2D eigenvalue weighted by molar-refractivity contribution is -0.133. The van der Waals surface area contributed by atoms with Crippen molar-refractivity contribution in [2.45, 2.75) is 25.0 Å². The molecule has 0 aromatic heterocycles. The molecule has 2 saturated carbocycles. The van der Waals surface area contributed by atoms with Gasteiger partial charge in [-0.1, -0.05) is 12.1 Å². The quantitative estimate of drug-likeness (QED) is 0.812. The van der Waals surface area contributed by atoms with E-state index in [2.05, 4.69) is 5.32 Å². The van der Waals surface area contributed by atoms with Crippen LogP contribution in [0.25, 0.3) is 0 Å². The second-order valence-corrected chi connectivity index (χ2v) is 6.91. The van der Waals surface area contributed by atoms with Gasteiger partial charge in [0, 0.05) is 17.4 Å². The number of thioether (sulfide) groups is 1. The predicted molar refractivity (Wildman–Crippen MR) is 83.2 cm³/mol. The Labute approximate surface area is 128 Å². The summed E-state index contributed by atoms with van der Waals surface area (Å²) in [5.74, 6) is 1.72. The van der Waals surface area contributed by atoms with Gasteiger partial charge in [0.1, 0.15) is 0 Å². The average molecular weight is 305 g/mol. The first-order valence-electron chi connectivity index (χ1n) is 7.33. The fourth-order valence-corrected chi connectivity index (χ4v) is 3.48. The molecule has 0 aliphatic heterocycles. The summed E-state index contributed by atoms with van der Waals surface area (Å²) in [7, 11) is 0. The van der Waals surface area contributed by atoms with Crippen molar-refractivity contribution in [2.24, 2.45) is 17.8 Å². The van der Waals surface area contributed by atoms with Gasteiger partial charge in [-0.25, -0.2) is 0 Å².